The summed E-state index contributed by atoms with van der Waals surface area (Å²) in [6.45, 7) is 20.2. The second kappa shape index (κ2) is 26.1. The molecule has 93 heavy (non-hydrogen) atoms. The van der Waals surface area contributed by atoms with Crippen LogP contribution in [0.15, 0.2) is 11.6 Å². The average Bonchev–Trinajstić information content (AvgIpc) is 1.55. The molecule has 5 unspecified atom stereocenters. The first-order valence-electron chi connectivity index (χ1n) is 32.8. The van der Waals surface area contributed by atoms with Gasteiger partial charge in [-0.05, 0) is 100 Å². The molecule has 5 heterocycles. The number of hydrogen-bond donors (Lipinski definition) is 13. The zero-order chi connectivity index (χ0) is 68.5. The Hall–Kier alpha value is -3.22. The van der Waals surface area contributed by atoms with Crippen LogP contribution >= 0.6 is 0 Å². The molecule has 13 N–H and O–H groups in total. The van der Waals surface area contributed by atoms with Crippen molar-refractivity contribution in [1.82, 2.24) is 0 Å². The van der Waals surface area contributed by atoms with E-state index in [0.29, 0.717) is 38.5 Å². The van der Waals surface area contributed by atoms with E-state index in [0.717, 1.165) is 0 Å². The van der Waals surface area contributed by atoms with Crippen LogP contribution in [-0.2, 0) is 76.0 Å². The largest absolute Gasteiger partial charge is 0.479 e. The lowest BCUT2D eigenvalue weighted by Crippen LogP contribution is -2.77. The number of rotatable bonds is 16. The van der Waals surface area contributed by atoms with E-state index in [1.165, 1.54) is 13.8 Å². The molecule has 1 spiro atoms. The number of ether oxygens (including phenoxy) is 12. The third kappa shape index (κ3) is 11.4. The van der Waals surface area contributed by atoms with Crippen LogP contribution < -0.4 is 0 Å². The zero-order valence-corrected chi connectivity index (χ0v) is 54.9. The summed E-state index contributed by atoms with van der Waals surface area (Å²) in [5, 5.41) is 145. The summed E-state index contributed by atoms with van der Waals surface area (Å²) in [6.07, 6.45) is -39.5. The molecule has 5 saturated heterocycles. The van der Waals surface area contributed by atoms with Crippen LogP contribution in [0.2, 0.25) is 0 Å². The van der Waals surface area contributed by atoms with Crippen molar-refractivity contribution in [3.8, 4) is 0 Å². The second-order valence-corrected chi connectivity index (χ2v) is 30.0. The van der Waals surface area contributed by atoms with Gasteiger partial charge in [-0.25, -0.2) is 9.59 Å². The highest BCUT2D eigenvalue weighted by Crippen LogP contribution is 2.82. The van der Waals surface area contributed by atoms with Crippen molar-refractivity contribution in [2.75, 3.05) is 13.2 Å². The molecular formula is C64H100O29. The Morgan fingerprint density at radius 2 is 1.13 bits per heavy atom. The van der Waals surface area contributed by atoms with Gasteiger partial charge in [0.25, 0.3) is 0 Å². The minimum Gasteiger partial charge on any atom is -0.479 e. The third-order valence-electron chi connectivity index (χ3n) is 24.6. The van der Waals surface area contributed by atoms with Crippen molar-refractivity contribution in [1.29, 1.82) is 0 Å². The number of carbonyl (C=O) groups is 4. The molecule has 0 radical (unpaired) electrons. The predicted molar refractivity (Wildman–Crippen MR) is 312 cm³/mol. The molecule has 0 aromatic heterocycles. The summed E-state index contributed by atoms with van der Waals surface area (Å²) in [6, 6.07) is 0. The topological polar surface area (TPSA) is 442 Å². The van der Waals surface area contributed by atoms with E-state index in [-0.39, 0.29) is 36.7 Å². The molecule has 0 aromatic rings. The van der Waals surface area contributed by atoms with Crippen molar-refractivity contribution in [3.63, 3.8) is 0 Å². The first kappa shape index (κ1) is 72.5. The van der Waals surface area contributed by atoms with Crippen LogP contribution in [0.3, 0.4) is 0 Å². The van der Waals surface area contributed by atoms with E-state index in [2.05, 4.69) is 20.8 Å². The summed E-state index contributed by atoms with van der Waals surface area (Å²) in [4.78, 5) is 54.4. The Bertz CT molecular complexity index is 2770. The number of aliphatic carboxylic acids is 1. The summed E-state index contributed by atoms with van der Waals surface area (Å²) < 4.78 is 75.8. The van der Waals surface area contributed by atoms with Crippen LogP contribution in [0.25, 0.3) is 0 Å². The van der Waals surface area contributed by atoms with Gasteiger partial charge in [0.05, 0.1) is 31.0 Å². The number of aliphatic hydroxyl groups excluding tert-OH is 12. The monoisotopic (exact) mass is 1330 g/mol. The number of hydrogen-bond acceptors (Lipinski definition) is 28. The summed E-state index contributed by atoms with van der Waals surface area (Å²) in [5.74, 6) is -4.52. The average molecular weight is 1330 g/mol. The Kier molecular flexibility index (Phi) is 20.4. The van der Waals surface area contributed by atoms with Crippen LogP contribution in [0.5, 0.6) is 0 Å². The molecule has 29 nitrogen and oxygen atoms in total. The smallest absolute Gasteiger partial charge is 0.335 e. The van der Waals surface area contributed by atoms with Gasteiger partial charge in [0.2, 0.25) is 0 Å². The van der Waals surface area contributed by atoms with Crippen molar-refractivity contribution in [2.24, 2.45) is 50.2 Å². The fraction of sp³-hybridized carbons (Fsp3) is 0.906. The van der Waals surface area contributed by atoms with E-state index in [1.54, 1.807) is 26.8 Å². The Balaban J connectivity index is 0.997. The fourth-order valence-corrected chi connectivity index (χ4v) is 19.4. The first-order valence-corrected chi connectivity index (χ1v) is 32.8. The molecule has 5 aliphatic carbocycles. The van der Waals surface area contributed by atoms with Gasteiger partial charge in [-0.15, -0.1) is 0 Å². The van der Waals surface area contributed by atoms with Gasteiger partial charge in [0, 0.05) is 35.7 Å². The van der Waals surface area contributed by atoms with Crippen molar-refractivity contribution < 1.29 is 142 Å². The Labute approximate surface area is 539 Å². The lowest BCUT2D eigenvalue weighted by molar-refractivity contribution is -0.406. The van der Waals surface area contributed by atoms with E-state index >= 15 is 0 Å². The SMILES string of the molecule is C/C=C(/C)C(=O)O[C@H]1[C@H](OC(C)=O)C(C)(C)C[C@@H]2[C@]13[C@@H](O)O[C@@]21CC[C@@H]2[C@@]4(C)CC[C@H](O[C@@H]5O[C@H](C(=O)O)[C@@H](O)[C@H](O[C@@H]6O[C@H](CO)[C@H](O)[C@H](O)[C@H]6OC6OC(C)C(O)C(O)C6O)[C@H]5O[C@@H]5O[C@H](CO)[C@H](O)[C@H](O)[C@H]5O)C(C)(C)[C@@H]4CC[C@@]2(C)[C@]1(C)C[C@H]3OC(=O)CC. The van der Waals surface area contributed by atoms with E-state index in [4.69, 9.17) is 56.8 Å². The number of carboxylic acids is 1. The normalized spacial score (nSPS) is 51.6. The lowest BCUT2D eigenvalue weighted by atomic mass is 9.30. The zero-order valence-electron chi connectivity index (χ0n) is 54.9. The molecule has 0 aromatic carbocycles. The summed E-state index contributed by atoms with van der Waals surface area (Å²) in [5.41, 5.74) is -6.21. The highest BCUT2D eigenvalue weighted by atomic mass is 16.8. The maximum absolute atomic E-state index is 14.1. The van der Waals surface area contributed by atoms with Gasteiger partial charge in [0.15, 0.2) is 43.7 Å². The summed E-state index contributed by atoms with van der Waals surface area (Å²) >= 11 is 0. The maximum atomic E-state index is 14.1. The molecule has 33 atom stereocenters. The number of carbonyl (C=O) groups excluding carboxylic acids is 3. The van der Waals surface area contributed by atoms with Gasteiger partial charge >= 0.3 is 23.9 Å². The quantitative estimate of drug-likeness (QED) is 0.0385. The minimum absolute atomic E-state index is 0.0156. The fourth-order valence-electron chi connectivity index (χ4n) is 19.4. The van der Waals surface area contributed by atoms with Gasteiger partial charge in [-0.3, -0.25) is 9.59 Å². The lowest BCUT2D eigenvalue weighted by Gasteiger charge is -2.75. The molecule has 0 amide bonds. The van der Waals surface area contributed by atoms with Crippen LogP contribution in [0.4, 0.5) is 0 Å². The van der Waals surface area contributed by atoms with Crippen LogP contribution in [0, 0.1) is 50.2 Å². The van der Waals surface area contributed by atoms with Gasteiger partial charge in [0.1, 0.15) is 103 Å². The molecule has 10 aliphatic rings. The third-order valence-corrected chi connectivity index (χ3v) is 24.6. The molecule has 10 fully saturated rings. The molecule has 530 valence electrons. The number of fused-ring (bicyclic) bond motifs is 4. The minimum atomic E-state index is -2.31. The highest BCUT2D eigenvalue weighted by Gasteiger charge is 2.86. The van der Waals surface area contributed by atoms with Gasteiger partial charge in [-0.2, -0.15) is 0 Å². The molecule has 5 aliphatic heterocycles. The Morgan fingerprint density at radius 1 is 0.559 bits per heavy atom. The summed E-state index contributed by atoms with van der Waals surface area (Å²) in [7, 11) is 0. The van der Waals surface area contributed by atoms with Crippen molar-refractivity contribution >= 4 is 23.9 Å². The second-order valence-electron chi connectivity index (χ2n) is 30.0. The first-order chi connectivity index (χ1) is 43.4. The standard InChI is InChI=1S/C64H100O29/c1-13-25(3)52(80)92-50-49(83-27(5)67)58(6,7)21-32-63-20-16-31-60(10)18-17-33(59(8,9)30(60)15-19-61(31,11)62(63,12)22-34(86-35(68)14-2)64(32,50)57(81)93-63)87-56-48(91-54-43(76)40(73)37(70)28(23-65)84-54)45(44(77)46(89-56)51(78)79)88-55-47(41(74)38(71)29(24-66)85-55)90-53-42(75)39(72)36(69)26(4)82-53/h13,26,28-34,36-50,53-57,65-66,69-77,81H,14-24H2,1-12H3,(H,78,79)/b25-13-/t26?,28-,29-,30+,31-,32+,33+,34-,36?,37+,38+,39?,40+,41+,42?,43-,44+,45+,46+,47-,48-,49+,50+,53?,54+,55+,56-,57+,60+,61-,62+,63+,64-/m1/s1. The molecule has 10 rings (SSSR count). The van der Waals surface area contributed by atoms with Crippen LogP contribution in [-0.4, -0.2) is 263 Å². The van der Waals surface area contributed by atoms with E-state index < -0.39 is 235 Å². The van der Waals surface area contributed by atoms with Gasteiger partial charge in [-0.1, -0.05) is 61.5 Å². The number of esters is 3. The molecular weight excluding hydrogens is 1230 g/mol. The molecule has 29 heteroatoms. The number of allylic oxidation sites excluding steroid dienone is 1. The number of aliphatic hydroxyl groups is 12. The van der Waals surface area contributed by atoms with Crippen molar-refractivity contribution in [2.45, 2.75) is 300 Å². The van der Waals surface area contributed by atoms with E-state index in [1.807, 2.05) is 27.7 Å². The van der Waals surface area contributed by atoms with E-state index in [9.17, 15) is 85.6 Å². The number of carboxylic acid groups (broad SMARTS) is 1. The predicted octanol–water partition coefficient (Wildman–Crippen LogP) is -0.922. The maximum Gasteiger partial charge on any atom is 0.335 e. The van der Waals surface area contributed by atoms with Crippen LogP contribution in [0.1, 0.15) is 141 Å². The highest BCUT2D eigenvalue weighted by molar-refractivity contribution is 5.88. The Morgan fingerprint density at radius 3 is 1.73 bits per heavy atom. The van der Waals surface area contributed by atoms with Gasteiger partial charge < -0.3 is 123 Å². The molecule has 5 saturated carbocycles. The molecule has 2 bridgehead atoms. The van der Waals surface area contributed by atoms with Crippen molar-refractivity contribution in [3.05, 3.63) is 11.6 Å².